The molecule has 0 fully saturated rings. The van der Waals surface area contributed by atoms with E-state index in [0.717, 1.165) is 46.2 Å². The number of halogens is 4. The van der Waals surface area contributed by atoms with E-state index >= 15 is 0 Å². The minimum atomic E-state index is -0.452. The van der Waals surface area contributed by atoms with Crippen molar-refractivity contribution >= 4 is 46.4 Å². The summed E-state index contributed by atoms with van der Waals surface area (Å²) in [6, 6.07) is 21.6. The van der Waals surface area contributed by atoms with Gasteiger partial charge in [0.1, 0.15) is 11.6 Å². The largest absolute Gasteiger partial charge is 0.326 e. The molecular weight excluding hydrogens is 629 g/mol. The summed E-state index contributed by atoms with van der Waals surface area (Å²) in [4.78, 5) is 27.2. The number of fused-ring (bicyclic) bond motifs is 2. The molecule has 0 aromatic heterocycles. The highest BCUT2D eigenvalue weighted by Gasteiger charge is 2.32. The second-order valence-electron chi connectivity index (χ2n) is 12.0. The Hall–Kier alpha value is -3.82. The van der Waals surface area contributed by atoms with Crippen LogP contribution in [0.5, 0.6) is 0 Å². The molecule has 10 heteroatoms. The van der Waals surface area contributed by atoms with Gasteiger partial charge in [-0.05, 0) is 101 Å². The minimum Gasteiger partial charge on any atom is -0.326 e. The molecular formula is C36H34Cl2F2N4O2. The van der Waals surface area contributed by atoms with Crippen molar-refractivity contribution < 1.29 is 18.4 Å². The predicted octanol–water partition coefficient (Wildman–Crippen LogP) is 7.62. The van der Waals surface area contributed by atoms with Gasteiger partial charge in [-0.15, -0.1) is 0 Å². The van der Waals surface area contributed by atoms with Crippen molar-refractivity contribution in [3.63, 3.8) is 0 Å². The first-order chi connectivity index (χ1) is 22.1. The molecule has 2 unspecified atom stereocenters. The monoisotopic (exact) mass is 662 g/mol. The number of hydrogen-bond acceptors (Lipinski definition) is 4. The zero-order chi connectivity index (χ0) is 32.4. The average molecular weight is 664 g/mol. The van der Waals surface area contributed by atoms with Crippen LogP contribution in [-0.2, 0) is 41.9 Å². The molecule has 1 heterocycles. The number of nitrogens with one attached hydrogen (secondary N) is 3. The molecule has 4 aromatic rings. The molecule has 2 aliphatic rings. The number of anilines is 2. The summed E-state index contributed by atoms with van der Waals surface area (Å²) >= 11 is 12.0. The normalized spacial score (nSPS) is 17.1. The Balaban J connectivity index is 1.07. The van der Waals surface area contributed by atoms with Gasteiger partial charge >= 0.3 is 0 Å². The van der Waals surface area contributed by atoms with Gasteiger partial charge in [-0.1, -0.05) is 47.5 Å². The third-order valence-electron chi connectivity index (χ3n) is 8.69. The molecule has 4 aromatic carbocycles. The molecule has 2 amide bonds. The van der Waals surface area contributed by atoms with Gasteiger partial charge in [0, 0.05) is 56.4 Å². The summed E-state index contributed by atoms with van der Waals surface area (Å²) in [5.74, 6) is -1.09. The van der Waals surface area contributed by atoms with Crippen molar-refractivity contribution in [3.8, 4) is 0 Å². The van der Waals surface area contributed by atoms with Crippen LogP contribution in [0.1, 0.15) is 52.8 Å². The van der Waals surface area contributed by atoms with E-state index in [1.54, 1.807) is 18.2 Å². The molecule has 0 bridgehead atoms. The van der Waals surface area contributed by atoms with Crippen molar-refractivity contribution in [1.82, 2.24) is 10.2 Å². The number of carbonyl (C=O) groups is 2. The predicted molar refractivity (Wildman–Crippen MR) is 178 cm³/mol. The quantitative estimate of drug-likeness (QED) is 0.163. The zero-order valence-corrected chi connectivity index (χ0v) is 26.8. The number of hydrogen-bond donors (Lipinski definition) is 3. The molecule has 3 N–H and O–H groups in total. The molecule has 6 rings (SSSR count). The van der Waals surface area contributed by atoms with Crippen LogP contribution in [0.4, 0.5) is 20.2 Å². The molecule has 2 atom stereocenters. The lowest BCUT2D eigenvalue weighted by atomic mass is 10.0. The molecule has 0 spiro atoms. The van der Waals surface area contributed by atoms with Crippen molar-refractivity contribution in [2.45, 2.75) is 57.8 Å². The number of nitrogens with zero attached hydrogens (tertiary/aromatic N) is 1. The first kappa shape index (κ1) is 32.1. The Morgan fingerprint density at radius 1 is 0.804 bits per heavy atom. The first-order valence-electron chi connectivity index (χ1n) is 15.3. The van der Waals surface area contributed by atoms with Gasteiger partial charge in [0.05, 0.1) is 10.0 Å². The van der Waals surface area contributed by atoms with Crippen molar-refractivity contribution in [2.75, 3.05) is 17.2 Å². The Morgan fingerprint density at radius 3 is 2.24 bits per heavy atom. The lowest BCUT2D eigenvalue weighted by Crippen LogP contribution is -2.29. The molecule has 0 saturated heterocycles. The summed E-state index contributed by atoms with van der Waals surface area (Å²) in [5.41, 5.74) is 7.58. The fourth-order valence-electron chi connectivity index (χ4n) is 6.43. The second-order valence-corrected chi connectivity index (χ2v) is 12.9. The van der Waals surface area contributed by atoms with Gasteiger partial charge in [0.25, 0.3) is 0 Å². The summed E-state index contributed by atoms with van der Waals surface area (Å²) in [7, 11) is 0. The van der Waals surface area contributed by atoms with Crippen molar-refractivity contribution in [3.05, 3.63) is 128 Å². The second kappa shape index (κ2) is 13.9. The minimum absolute atomic E-state index is 0.0889. The van der Waals surface area contributed by atoms with Gasteiger partial charge < -0.3 is 16.0 Å². The van der Waals surface area contributed by atoms with Gasteiger partial charge in [0.2, 0.25) is 11.8 Å². The van der Waals surface area contributed by atoms with E-state index < -0.39 is 5.82 Å². The molecule has 6 nitrogen and oxygen atoms in total. The lowest BCUT2D eigenvalue weighted by molar-refractivity contribution is -0.117. The van der Waals surface area contributed by atoms with Gasteiger partial charge in [-0.25, -0.2) is 8.78 Å². The third kappa shape index (κ3) is 7.58. The Labute approximate surface area is 277 Å². The number of carbonyl (C=O) groups excluding carboxylic acids is 2. The highest BCUT2D eigenvalue weighted by Crippen LogP contribution is 2.38. The topological polar surface area (TPSA) is 73.5 Å². The lowest BCUT2D eigenvalue weighted by Gasteiger charge is -2.25. The maximum atomic E-state index is 13.8. The van der Waals surface area contributed by atoms with Gasteiger partial charge in [0.15, 0.2) is 0 Å². The highest BCUT2D eigenvalue weighted by molar-refractivity contribution is 6.31. The van der Waals surface area contributed by atoms with E-state index in [9.17, 15) is 18.4 Å². The van der Waals surface area contributed by atoms with Crippen LogP contribution in [0.3, 0.4) is 0 Å². The van der Waals surface area contributed by atoms with E-state index in [1.807, 2.05) is 42.5 Å². The summed E-state index contributed by atoms with van der Waals surface area (Å²) in [6.07, 6.45) is 2.44. The number of benzene rings is 4. The van der Waals surface area contributed by atoms with Gasteiger partial charge in [-0.3, -0.25) is 14.5 Å². The van der Waals surface area contributed by atoms with E-state index in [4.69, 9.17) is 23.2 Å². The van der Waals surface area contributed by atoms with E-state index in [2.05, 4.69) is 20.9 Å². The molecule has 1 aliphatic heterocycles. The van der Waals surface area contributed by atoms with Crippen LogP contribution >= 0.6 is 23.2 Å². The Bertz CT molecular complexity index is 1750. The van der Waals surface area contributed by atoms with Crippen LogP contribution in [0.15, 0.2) is 72.8 Å². The van der Waals surface area contributed by atoms with Crippen LogP contribution in [-0.4, -0.2) is 29.3 Å². The average Bonchev–Trinajstić information content (AvgIpc) is 3.56. The van der Waals surface area contributed by atoms with Gasteiger partial charge in [-0.2, -0.15) is 0 Å². The molecule has 238 valence electrons. The van der Waals surface area contributed by atoms with Crippen LogP contribution in [0, 0.1) is 11.6 Å². The summed E-state index contributed by atoms with van der Waals surface area (Å²) in [6.45, 7) is 3.38. The third-order valence-corrected chi connectivity index (χ3v) is 9.27. The number of amides is 2. The van der Waals surface area contributed by atoms with Crippen molar-refractivity contribution in [1.29, 1.82) is 0 Å². The highest BCUT2D eigenvalue weighted by atomic mass is 35.5. The maximum absolute atomic E-state index is 13.8. The van der Waals surface area contributed by atoms with E-state index in [-0.39, 0.29) is 46.2 Å². The zero-order valence-electron chi connectivity index (χ0n) is 25.3. The first-order valence-corrected chi connectivity index (χ1v) is 16.0. The summed E-state index contributed by atoms with van der Waals surface area (Å²) in [5, 5.41) is 9.67. The van der Waals surface area contributed by atoms with Crippen LogP contribution in [0.25, 0.3) is 0 Å². The van der Waals surface area contributed by atoms with Crippen LogP contribution in [0.2, 0.25) is 10.0 Å². The fraction of sp³-hybridized carbons (Fsp3) is 0.278. The molecule has 46 heavy (non-hydrogen) atoms. The standard InChI is InChI=1S/C36H34Cl2F2N4O2/c1-21(45)42-28-7-8-30-26(15-28)20-44(11-10-22-4-9-33(39)31(37)12-22)35(30)18-36(46)43-27-5-2-23(3-6-27)19-41-29-13-24-16-32(38)34(40)17-25(24)14-29/h2-9,12,15-17,29,35,41H,10-11,13-14,18-20H2,1H3,(H,42,45)(H,43,46). The molecule has 0 radical (unpaired) electrons. The summed E-state index contributed by atoms with van der Waals surface area (Å²) < 4.78 is 27.5. The SMILES string of the molecule is CC(=O)Nc1ccc2c(c1)CN(CCc1ccc(F)c(Cl)c1)C2CC(=O)Nc1ccc(CNC2Cc3cc(F)c(Cl)cc3C2)cc1. The Morgan fingerprint density at radius 2 is 1.50 bits per heavy atom. The van der Waals surface area contributed by atoms with E-state index in [0.29, 0.717) is 37.4 Å². The molecule has 0 saturated carbocycles. The van der Waals surface area contributed by atoms with Crippen molar-refractivity contribution in [2.24, 2.45) is 0 Å². The Kier molecular flexibility index (Phi) is 9.70. The van der Waals surface area contributed by atoms with E-state index in [1.165, 1.54) is 19.1 Å². The molecule has 1 aliphatic carbocycles. The maximum Gasteiger partial charge on any atom is 0.226 e. The number of rotatable bonds is 10. The fourth-order valence-corrected chi connectivity index (χ4v) is 6.82. The smallest absolute Gasteiger partial charge is 0.226 e. The van der Waals surface area contributed by atoms with Crippen LogP contribution < -0.4 is 16.0 Å².